The number of likely N-dealkylation sites (tertiary alicyclic amines) is 1. The molecule has 2 aromatic carbocycles. The summed E-state index contributed by atoms with van der Waals surface area (Å²) in [6.45, 7) is 1.75. The van der Waals surface area contributed by atoms with E-state index in [0.29, 0.717) is 49.3 Å². The lowest BCUT2D eigenvalue weighted by molar-refractivity contribution is 0.0543. The Morgan fingerprint density at radius 3 is 2.84 bits per heavy atom. The van der Waals surface area contributed by atoms with Gasteiger partial charge in [-0.2, -0.15) is 0 Å². The molecular formula is C25H21Cl2FN6O3S. The van der Waals surface area contributed by atoms with Gasteiger partial charge in [-0.3, -0.25) is 9.36 Å². The molecule has 0 unspecified atom stereocenters. The zero-order valence-electron chi connectivity index (χ0n) is 19.9. The molecule has 2 aliphatic rings. The summed E-state index contributed by atoms with van der Waals surface area (Å²) in [5.74, 6) is -0.532. The van der Waals surface area contributed by atoms with E-state index in [2.05, 4.69) is 9.97 Å². The lowest BCUT2D eigenvalue weighted by Gasteiger charge is -2.43. The van der Waals surface area contributed by atoms with Gasteiger partial charge in [0.2, 0.25) is 0 Å². The van der Waals surface area contributed by atoms with Crippen molar-refractivity contribution in [2.45, 2.75) is 18.9 Å². The number of carbonyl (C=O) groups excluding carboxylic acids is 2. The second kappa shape index (κ2) is 9.72. The number of nitrogen functional groups attached to an aromatic ring is 1. The van der Waals surface area contributed by atoms with Crippen LogP contribution in [0.15, 0.2) is 36.9 Å². The Labute approximate surface area is 230 Å². The van der Waals surface area contributed by atoms with Gasteiger partial charge in [0.05, 0.1) is 38.5 Å². The van der Waals surface area contributed by atoms with Crippen LogP contribution in [0.4, 0.5) is 14.3 Å². The predicted octanol–water partition coefficient (Wildman–Crippen LogP) is 5.16. The molecule has 0 radical (unpaired) electrons. The van der Waals surface area contributed by atoms with E-state index in [4.69, 9.17) is 33.7 Å². The molecule has 13 heteroatoms. The Morgan fingerprint density at radius 2 is 2.11 bits per heavy atom. The van der Waals surface area contributed by atoms with Crippen LogP contribution in [-0.4, -0.2) is 68.6 Å². The Bertz CT molecular complexity index is 1580. The molecular weight excluding hydrogens is 554 g/mol. The van der Waals surface area contributed by atoms with Gasteiger partial charge in [0.1, 0.15) is 12.1 Å². The van der Waals surface area contributed by atoms with Gasteiger partial charge in [-0.05, 0) is 31.0 Å². The smallest absolute Gasteiger partial charge is 0.329 e. The topological polar surface area (TPSA) is 107 Å². The summed E-state index contributed by atoms with van der Waals surface area (Å²) < 4.78 is 22.1. The second-order valence-corrected chi connectivity index (χ2v) is 10.9. The van der Waals surface area contributed by atoms with Gasteiger partial charge >= 0.3 is 6.03 Å². The molecule has 1 atom stereocenters. The molecule has 196 valence electrons. The predicted molar refractivity (Wildman–Crippen MR) is 144 cm³/mol. The van der Waals surface area contributed by atoms with Gasteiger partial charge in [0, 0.05) is 43.2 Å². The van der Waals surface area contributed by atoms with E-state index in [1.165, 1.54) is 29.1 Å². The van der Waals surface area contributed by atoms with Crippen LogP contribution >= 0.6 is 34.5 Å². The highest BCUT2D eigenvalue weighted by Crippen LogP contribution is 2.46. The number of nitrogens with zero attached hydrogens (tertiary/aromatic N) is 5. The number of thiazole rings is 1. The Hall–Kier alpha value is -3.41. The van der Waals surface area contributed by atoms with Crippen LogP contribution in [0.2, 0.25) is 10.0 Å². The zero-order valence-corrected chi connectivity index (χ0v) is 22.2. The van der Waals surface area contributed by atoms with Crippen molar-refractivity contribution in [3.8, 4) is 16.9 Å². The first-order valence-electron chi connectivity index (χ1n) is 11.9. The van der Waals surface area contributed by atoms with E-state index in [9.17, 15) is 14.0 Å². The average Bonchev–Trinajstić information content (AvgIpc) is 3.54. The number of nitrogens with two attached hydrogens (primary N) is 1. The summed E-state index contributed by atoms with van der Waals surface area (Å²) in [7, 11) is 0. The summed E-state index contributed by atoms with van der Waals surface area (Å²) in [4.78, 5) is 38.1. The summed E-state index contributed by atoms with van der Waals surface area (Å²) >= 11 is 14.6. The van der Waals surface area contributed by atoms with Gasteiger partial charge in [-0.15, -0.1) is 0 Å². The highest BCUT2D eigenvalue weighted by molar-refractivity contribution is 7.22. The lowest BCUT2D eigenvalue weighted by atomic mass is 9.99. The van der Waals surface area contributed by atoms with Crippen LogP contribution in [-0.2, 0) is 0 Å². The third-order valence-electron chi connectivity index (χ3n) is 6.84. The molecule has 4 heterocycles. The monoisotopic (exact) mass is 574 g/mol. The molecule has 2 amide bonds. The maximum Gasteiger partial charge on any atom is 0.329 e. The van der Waals surface area contributed by atoms with Crippen molar-refractivity contribution in [3.63, 3.8) is 0 Å². The fourth-order valence-electron chi connectivity index (χ4n) is 4.88. The molecule has 0 spiro atoms. The zero-order chi connectivity index (χ0) is 26.6. The number of ether oxygens (including phenoxy) is 1. The van der Waals surface area contributed by atoms with Crippen molar-refractivity contribution in [1.82, 2.24) is 24.3 Å². The van der Waals surface area contributed by atoms with Gasteiger partial charge in [0.15, 0.2) is 10.9 Å². The Balaban J connectivity index is 1.34. The minimum Gasteiger partial charge on any atom is -0.491 e. The van der Waals surface area contributed by atoms with Crippen molar-refractivity contribution in [2.24, 2.45) is 0 Å². The highest BCUT2D eigenvalue weighted by atomic mass is 35.5. The summed E-state index contributed by atoms with van der Waals surface area (Å²) in [6.07, 6.45) is 5.97. The summed E-state index contributed by atoms with van der Waals surface area (Å²) in [5, 5.41) is 0.553. The number of rotatable bonds is 3. The fourth-order valence-corrected chi connectivity index (χ4v) is 6.35. The molecule has 0 bridgehead atoms. The first kappa shape index (κ1) is 24.9. The number of halogens is 3. The Kier molecular flexibility index (Phi) is 6.37. The number of hydrogen-bond acceptors (Lipinski definition) is 7. The van der Waals surface area contributed by atoms with E-state index in [1.807, 2.05) is 0 Å². The molecule has 0 saturated carbocycles. The third kappa shape index (κ3) is 4.14. The molecule has 0 aliphatic carbocycles. The standard InChI is InChI=1S/C25H21Cl2FN6O3S/c26-16-10-15-21(19(27)18(16)14-2-3-17(28)22-20(14)31-24(29)38-22)37-9-1-6-32(23(15)35)11-13-4-7-34(13)25(36)33-8-5-30-12-33/h2-3,5,8,10,12-13H,1,4,6-7,9,11H2,(H2,29,31)/t13-/m0/s1. The summed E-state index contributed by atoms with van der Waals surface area (Å²) in [6, 6.07) is 4.08. The second-order valence-electron chi connectivity index (χ2n) is 9.09. The van der Waals surface area contributed by atoms with Crippen molar-refractivity contribution in [3.05, 3.63) is 58.3 Å². The number of carbonyl (C=O) groups is 2. The maximum atomic E-state index is 14.4. The molecule has 2 aromatic heterocycles. The van der Waals surface area contributed by atoms with E-state index in [0.717, 1.165) is 17.8 Å². The SMILES string of the molecule is Nc1nc2c(-c3c(Cl)cc4c(c3Cl)OCCCN(C[C@@H]3CCN3C(=O)n3ccnc3)C4=O)ccc(F)c2s1. The minimum atomic E-state index is -0.449. The van der Waals surface area contributed by atoms with E-state index < -0.39 is 5.82 Å². The number of imidazole rings is 1. The van der Waals surface area contributed by atoms with Gasteiger partial charge < -0.3 is 20.3 Å². The molecule has 2 N–H and O–H groups in total. The maximum absolute atomic E-state index is 14.4. The van der Waals surface area contributed by atoms with Crippen molar-refractivity contribution >= 4 is 61.8 Å². The van der Waals surface area contributed by atoms with Crippen LogP contribution in [0.1, 0.15) is 23.2 Å². The first-order chi connectivity index (χ1) is 18.3. The number of aromatic nitrogens is 3. The van der Waals surface area contributed by atoms with Crippen LogP contribution in [0, 0.1) is 5.82 Å². The van der Waals surface area contributed by atoms with E-state index in [-0.39, 0.29) is 49.2 Å². The van der Waals surface area contributed by atoms with Crippen LogP contribution in [0.5, 0.6) is 5.75 Å². The van der Waals surface area contributed by atoms with Crippen molar-refractivity contribution < 1.29 is 18.7 Å². The molecule has 9 nitrogen and oxygen atoms in total. The Morgan fingerprint density at radius 1 is 1.26 bits per heavy atom. The van der Waals surface area contributed by atoms with Crippen LogP contribution in [0.25, 0.3) is 21.3 Å². The molecule has 2 aliphatic heterocycles. The average molecular weight is 575 g/mol. The highest BCUT2D eigenvalue weighted by Gasteiger charge is 2.37. The van der Waals surface area contributed by atoms with Gasteiger partial charge in [-0.1, -0.05) is 34.5 Å². The normalized spacial score (nSPS) is 17.6. The van der Waals surface area contributed by atoms with Gasteiger partial charge in [-0.25, -0.2) is 19.2 Å². The summed E-state index contributed by atoms with van der Waals surface area (Å²) in [5.41, 5.74) is 7.29. The van der Waals surface area contributed by atoms with Crippen LogP contribution < -0.4 is 10.5 Å². The number of hydrogen-bond donors (Lipinski definition) is 1. The van der Waals surface area contributed by atoms with E-state index in [1.54, 1.807) is 22.2 Å². The number of anilines is 1. The van der Waals surface area contributed by atoms with Crippen molar-refractivity contribution in [1.29, 1.82) is 0 Å². The largest absolute Gasteiger partial charge is 0.491 e. The van der Waals surface area contributed by atoms with Crippen LogP contribution in [0.3, 0.4) is 0 Å². The number of benzene rings is 2. The fraction of sp³-hybridized carbons (Fsp3) is 0.280. The third-order valence-corrected chi connectivity index (χ3v) is 8.39. The van der Waals surface area contributed by atoms with Gasteiger partial charge in [0.25, 0.3) is 5.91 Å². The molecule has 38 heavy (non-hydrogen) atoms. The minimum absolute atomic E-state index is 0.120. The molecule has 6 rings (SSSR count). The molecule has 1 saturated heterocycles. The van der Waals surface area contributed by atoms with E-state index >= 15 is 0 Å². The quantitative estimate of drug-likeness (QED) is 0.362. The molecule has 4 aromatic rings. The van der Waals surface area contributed by atoms with Crippen molar-refractivity contribution in [2.75, 3.05) is 32.0 Å². The molecule has 1 fully saturated rings. The number of fused-ring (bicyclic) bond motifs is 2. The lowest BCUT2D eigenvalue weighted by Crippen LogP contribution is -2.57. The number of amides is 2. The first-order valence-corrected chi connectivity index (χ1v) is 13.5.